The Morgan fingerprint density at radius 2 is 1.61 bits per heavy atom. The predicted octanol–water partition coefficient (Wildman–Crippen LogP) is 5.52. The van der Waals surface area contributed by atoms with Gasteiger partial charge in [-0.05, 0) is 30.3 Å². The maximum absolute atomic E-state index is 14.0. The molecule has 0 unspecified atom stereocenters. The zero-order chi connectivity index (χ0) is 27.4. The van der Waals surface area contributed by atoms with Crippen molar-refractivity contribution in [1.82, 2.24) is 0 Å². The second-order valence-electron chi connectivity index (χ2n) is 7.89. The Morgan fingerprint density at radius 3 is 2.29 bits per heavy atom. The second-order valence-corrected chi connectivity index (χ2v) is 7.89. The van der Waals surface area contributed by atoms with Gasteiger partial charge in [-0.1, -0.05) is 18.2 Å². The molecule has 0 aliphatic carbocycles. The molecule has 1 N–H and O–H groups in total. The van der Waals surface area contributed by atoms with Crippen LogP contribution in [0.2, 0.25) is 0 Å². The largest absolute Gasteiger partial charge is 0.497 e. The van der Waals surface area contributed by atoms with E-state index in [0.717, 1.165) is 6.07 Å². The first kappa shape index (κ1) is 26.4. The highest BCUT2D eigenvalue weighted by atomic mass is 19.4. The van der Waals surface area contributed by atoms with Gasteiger partial charge < -0.3 is 28.7 Å². The second kappa shape index (κ2) is 10.8. The van der Waals surface area contributed by atoms with E-state index in [2.05, 4.69) is 5.32 Å². The van der Waals surface area contributed by atoms with E-state index in [0.29, 0.717) is 17.2 Å². The number of fused-ring (bicyclic) bond motifs is 1. The first-order valence-electron chi connectivity index (χ1n) is 11.1. The normalized spacial score (nSPS) is 11.2. The number of anilines is 1. The smallest absolute Gasteiger partial charge is 0.450 e. The Morgan fingerprint density at radius 1 is 0.895 bits per heavy atom. The maximum Gasteiger partial charge on any atom is 0.450 e. The number of amides is 1. The van der Waals surface area contributed by atoms with Crippen LogP contribution in [0.5, 0.6) is 23.0 Å². The van der Waals surface area contributed by atoms with Crippen molar-refractivity contribution in [2.75, 3.05) is 33.3 Å². The molecule has 0 saturated heterocycles. The van der Waals surface area contributed by atoms with E-state index in [1.807, 2.05) is 0 Å². The van der Waals surface area contributed by atoms with Gasteiger partial charge in [0.15, 0.2) is 6.61 Å². The zero-order valence-electron chi connectivity index (χ0n) is 20.5. The number of benzene rings is 3. The summed E-state index contributed by atoms with van der Waals surface area (Å²) in [5.74, 6) is -1.06. The summed E-state index contributed by atoms with van der Waals surface area (Å²) in [6.07, 6.45) is -4.98. The molecule has 0 aliphatic heterocycles. The molecule has 3 aromatic carbocycles. The van der Waals surface area contributed by atoms with Crippen molar-refractivity contribution in [3.8, 4) is 34.1 Å². The number of hydrogen-bond donors (Lipinski definition) is 1. The molecule has 38 heavy (non-hydrogen) atoms. The minimum Gasteiger partial charge on any atom is -0.497 e. The first-order valence-corrected chi connectivity index (χ1v) is 11.1. The van der Waals surface area contributed by atoms with Gasteiger partial charge in [0.2, 0.25) is 11.2 Å². The molecule has 1 heterocycles. The summed E-state index contributed by atoms with van der Waals surface area (Å²) >= 11 is 0. The van der Waals surface area contributed by atoms with Gasteiger partial charge in [0.1, 0.15) is 28.6 Å². The number of nitrogens with one attached hydrogen (secondary N) is 1. The number of ether oxygens (including phenoxy) is 4. The Kier molecular flexibility index (Phi) is 7.47. The quantitative estimate of drug-likeness (QED) is 0.321. The first-order chi connectivity index (χ1) is 18.2. The van der Waals surface area contributed by atoms with Crippen molar-refractivity contribution < 1.29 is 41.3 Å². The fraction of sp³-hybridized carbons (Fsp3) is 0.185. The summed E-state index contributed by atoms with van der Waals surface area (Å²) in [6, 6.07) is 14.4. The van der Waals surface area contributed by atoms with E-state index < -0.39 is 35.4 Å². The number of halogens is 3. The van der Waals surface area contributed by atoms with E-state index in [4.69, 9.17) is 23.4 Å². The molecule has 0 aliphatic rings. The topological polar surface area (TPSA) is 96.2 Å². The van der Waals surface area contributed by atoms with Crippen LogP contribution in [0.3, 0.4) is 0 Å². The Labute approximate surface area is 214 Å². The van der Waals surface area contributed by atoms with Crippen LogP contribution in [-0.2, 0) is 11.0 Å². The van der Waals surface area contributed by atoms with Gasteiger partial charge in [0.05, 0.1) is 38.0 Å². The Hall–Kier alpha value is -4.67. The van der Waals surface area contributed by atoms with Crippen LogP contribution in [0.4, 0.5) is 18.9 Å². The summed E-state index contributed by atoms with van der Waals surface area (Å²) in [7, 11) is 4.20. The fourth-order valence-corrected chi connectivity index (χ4v) is 3.81. The fourth-order valence-electron chi connectivity index (χ4n) is 3.81. The molecule has 0 bridgehead atoms. The van der Waals surface area contributed by atoms with E-state index in [1.165, 1.54) is 51.7 Å². The number of alkyl halides is 3. The molecule has 11 heteroatoms. The lowest BCUT2D eigenvalue weighted by molar-refractivity contribution is -0.152. The molecule has 0 atom stereocenters. The number of hydrogen-bond acceptors (Lipinski definition) is 7. The van der Waals surface area contributed by atoms with Crippen LogP contribution in [0.1, 0.15) is 5.76 Å². The van der Waals surface area contributed by atoms with Crippen LogP contribution in [0.25, 0.3) is 22.1 Å². The Balaban J connectivity index is 1.64. The lowest BCUT2D eigenvalue weighted by Crippen LogP contribution is -2.20. The van der Waals surface area contributed by atoms with Crippen molar-refractivity contribution in [3.05, 3.63) is 76.6 Å². The predicted molar refractivity (Wildman–Crippen MR) is 133 cm³/mol. The van der Waals surface area contributed by atoms with Crippen LogP contribution < -0.4 is 29.7 Å². The summed E-state index contributed by atoms with van der Waals surface area (Å²) in [5, 5.41) is 2.51. The Bertz CT molecular complexity index is 1550. The lowest BCUT2D eigenvalue weighted by Gasteiger charge is -2.15. The lowest BCUT2D eigenvalue weighted by atomic mass is 10.0. The van der Waals surface area contributed by atoms with Crippen molar-refractivity contribution in [3.63, 3.8) is 0 Å². The number of carbonyl (C=O) groups excluding carboxylic acids is 1. The third-order valence-electron chi connectivity index (χ3n) is 5.55. The molecule has 0 saturated carbocycles. The average Bonchev–Trinajstić information content (AvgIpc) is 2.91. The highest BCUT2D eigenvalue weighted by molar-refractivity contribution is 5.93. The molecule has 4 rings (SSSR count). The van der Waals surface area contributed by atoms with Crippen LogP contribution in [-0.4, -0.2) is 33.8 Å². The SMILES string of the molecule is COc1ccc(OC)c(NC(=O)COc2ccc3c(=O)c(-c4ccccc4OC)c(C(F)(F)F)oc3c2)c1. The number of methoxy groups -OCH3 is 3. The summed E-state index contributed by atoms with van der Waals surface area (Å²) in [6.45, 7) is -0.485. The highest BCUT2D eigenvalue weighted by Gasteiger charge is 2.40. The third-order valence-corrected chi connectivity index (χ3v) is 5.55. The number of carbonyl (C=O) groups is 1. The van der Waals surface area contributed by atoms with Gasteiger partial charge in [0.25, 0.3) is 5.91 Å². The van der Waals surface area contributed by atoms with Crippen molar-refractivity contribution >= 4 is 22.6 Å². The molecule has 1 amide bonds. The zero-order valence-corrected chi connectivity index (χ0v) is 20.5. The molecule has 0 fully saturated rings. The minimum atomic E-state index is -4.98. The van der Waals surface area contributed by atoms with Crippen molar-refractivity contribution in [2.45, 2.75) is 6.18 Å². The highest BCUT2D eigenvalue weighted by Crippen LogP contribution is 2.40. The van der Waals surface area contributed by atoms with Gasteiger partial charge in [-0.3, -0.25) is 9.59 Å². The molecule has 4 aromatic rings. The average molecular weight is 529 g/mol. The molecular formula is C27H22F3NO7. The van der Waals surface area contributed by atoms with Crippen molar-refractivity contribution in [2.24, 2.45) is 0 Å². The van der Waals surface area contributed by atoms with Gasteiger partial charge in [-0.25, -0.2) is 0 Å². The molecule has 0 spiro atoms. The minimum absolute atomic E-state index is 0.0200. The summed E-state index contributed by atoms with van der Waals surface area (Å²) in [4.78, 5) is 25.7. The summed E-state index contributed by atoms with van der Waals surface area (Å²) in [5.41, 5.74) is -1.62. The molecule has 8 nitrogen and oxygen atoms in total. The molecular weight excluding hydrogens is 507 g/mol. The number of rotatable bonds is 8. The van der Waals surface area contributed by atoms with Gasteiger partial charge in [-0.15, -0.1) is 0 Å². The van der Waals surface area contributed by atoms with E-state index >= 15 is 0 Å². The van der Waals surface area contributed by atoms with Crippen LogP contribution >= 0.6 is 0 Å². The van der Waals surface area contributed by atoms with Crippen LogP contribution in [0.15, 0.2) is 69.9 Å². The van der Waals surface area contributed by atoms with Gasteiger partial charge >= 0.3 is 6.18 Å². The van der Waals surface area contributed by atoms with Gasteiger partial charge in [0, 0.05) is 17.7 Å². The van der Waals surface area contributed by atoms with Crippen LogP contribution in [0, 0.1) is 0 Å². The molecule has 1 aromatic heterocycles. The van der Waals surface area contributed by atoms with E-state index in [-0.39, 0.29) is 28.0 Å². The maximum atomic E-state index is 14.0. The van der Waals surface area contributed by atoms with Gasteiger partial charge in [-0.2, -0.15) is 13.2 Å². The third kappa shape index (κ3) is 5.36. The molecule has 198 valence electrons. The summed E-state index contributed by atoms with van der Waals surface area (Å²) < 4.78 is 68.1. The van der Waals surface area contributed by atoms with E-state index in [1.54, 1.807) is 24.3 Å². The van der Waals surface area contributed by atoms with E-state index in [9.17, 15) is 22.8 Å². The molecule has 0 radical (unpaired) electrons. The number of para-hydroxylation sites is 1. The monoisotopic (exact) mass is 529 g/mol. The van der Waals surface area contributed by atoms with Crippen molar-refractivity contribution in [1.29, 1.82) is 0 Å². The standard InChI is InChI=1S/C27H22F3NO7/c1-34-15-9-11-21(36-3)19(12-15)31-23(32)14-37-16-8-10-18-22(13-16)38-26(27(28,29)30)24(25(18)33)17-6-4-5-7-20(17)35-2/h4-13H,14H2,1-3H3,(H,31,32).